The van der Waals surface area contributed by atoms with Crippen LogP contribution in [0.4, 0.5) is 5.69 Å². The van der Waals surface area contributed by atoms with Gasteiger partial charge in [0.15, 0.2) is 0 Å². The van der Waals surface area contributed by atoms with E-state index in [1.165, 1.54) is 7.11 Å². The van der Waals surface area contributed by atoms with Crippen LogP contribution in [0, 0.1) is 0 Å². The Hall–Kier alpha value is -1.71. The number of carbonyl (C=O) groups is 1. The summed E-state index contributed by atoms with van der Waals surface area (Å²) in [5, 5.41) is 0. The summed E-state index contributed by atoms with van der Waals surface area (Å²) in [6.45, 7) is 6.23. The zero-order chi connectivity index (χ0) is 10.7. The van der Waals surface area contributed by atoms with Gasteiger partial charge in [-0.1, -0.05) is 12.2 Å². The molecule has 2 N–H and O–H groups in total. The molecular weight excluding hydrogens is 180 g/mol. The highest BCUT2D eigenvalue weighted by Crippen LogP contribution is 2.13. The molecule has 0 aliphatic heterocycles. The Bertz CT molecular complexity index is 366. The van der Waals surface area contributed by atoms with E-state index in [1.807, 2.05) is 6.92 Å². The van der Waals surface area contributed by atoms with Crippen LogP contribution in [-0.4, -0.2) is 17.6 Å². The Morgan fingerprint density at radius 3 is 2.86 bits per heavy atom. The van der Waals surface area contributed by atoms with Gasteiger partial charge in [0.1, 0.15) is 5.69 Å². The highest BCUT2D eigenvalue weighted by atomic mass is 16.5. The molecule has 4 heteroatoms. The Labute approximate surface area is 83.0 Å². The minimum atomic E-state index is -0.386. The summed E-state index contributed by atoms with van der Waals surface area (Å²) >= 11 is 0. The maximum absolute atomic E-state index is 11.3. The monoisotopic (exact) mass is 194 g/mol. The number of anilines is 1. The predicted octanol–water partition coefficient (Wildman–Crippen LogP) is 1.43. The van der Waals surface area contributed by atoms with Crippen molar-refractivity contribution in [2.75, 3.05) is 12.8 Å². The highest BCUT2D eigenvalue weighted by molar-refractivity contribution is 5.89. The molecule has 0 unspecified atom stereocenters. The molecule has 14 heavy (non-hydrogen) atoms. The van der Waals surface area contributed by atoms with Gasteiger partial charge in [0, 0.05) is 12.7 Å². The van der Waals surface area contributed by atoms with Crippen molar-refractivity contribution < 1.29 is 9.53 Å². The number of rotatable bonds is 3. The van der Waals surface area contributed by atoms with Crippen molar-refractivity contribution in [2.24, 2.45) is 0 Å². The second kappa shape index (κ2) is 4.00. The fourth-order valence-electron chi connectivity index (χ4n) is 1.23. The van der Waals surface area contributed by atoms with Gasteiger partial charge >= 0.3 is 5.97 Å². The minimum Gasteiger partial charge on any atom is -0.464 e. The van der Waals surface area contributed by atoms with Gasteiger partial charge in [-0.25, -0.2) is 4.79 Å². The number of nitrogen functional groups attached to an aromatic ring is 1. The first-order valence-corrected chi connectivity index (χ1v) is 4.23. The van der Waals surface area contributed by atoms with Crippen LogP contribution < -0.4 is 5.73 Å². The molecule has 0 saturated heterocycles. The molecule has 0 atom stereocenters. The summed E-state index contributed by atoms with van der Waals surface area (Å²) in [4.78, 5) is 11.3. The van der Waals surface area contributed by atoms with Crippen molar-refractivity contribution in [1.29, 1.82) is 0 Å². The number of nitrogens with zero attached hydrogens (tertiary/aromatic N) is 1. The molecule has 0 bridgehead atoms. The number of hydrogen-bond acceptors (Lipinski definition) is 3. The number of esters is 1. The highest BCUT2D eigenvalue weighted by Gasteiger charge is 2.12. The number of allylic oxidation sites excluding steroid dienone is 1. The first kappa shape index (κ1) is 10.4. The van der Waals surface area contributed by atoms with Crippen LogP contribution in [0.25, 0.3) is 0 Å². The van der Waals surface area contributed by atoms with E-state index < -0.39 is 0 Å². The molecular formula is C10H14N2O2. The van der Waals surface area contributed by atoms with Crippen molar-refractivity contribution >= 4 is 11.7 Å². The molecule has 1 heterocycles. The molecule has 0 spiro atoms. The third-order valence-electron chi connectivity index (χ3n) is 1.75. The fourth-order valence-corrected chi connectivity index (χ4v) is 1.23. The average molecular weight is 194 g/mol. The van der Waals surface area contributed by atoms with Gasteiger partial charge in [0.25, 0.3) is 0 Å². The maximum atomic E-state index is 11.3. The lowest BCUT2D eigenvalue weighted by atomic mass is 10.3. The zero-order valence-corrected chi connectivity index (χ0v) is 8.41. The van der Waals surface area contributed by atoms with E-state index in [2.05, 4.69) is 11.3 Å². The van der Waals surface area contributed by atoms with Crippen LogP contribution in [-0.2, 0) is 11.3 Å². The van der Waals surface area contributed by atoms with Crippen LogP contribution in [0.2, 0.25) is 0 Å². The predicted molar refractivity (Wildman–Crippen MR) is 55.0 cm³/mol. The first-order chi connectivity index (χ1) is 6.54. The second-order valence-electron chi connectivity index (χ2n) is 3.24. The van der Waals surface area contributed by atoms with Gasteiger partial charge in [-0.15, -0.1) is 0 Å². The first-order valence-electron chi connectivity index (χ1n) is 4.23. The Balaban J connectivity index is 3.02. The van der Waals surface area contributed by atoms with E-state index in [4.69, 9.17) is 5.73 Å². The average Bonchev–Trinajstić information content (AvgIpc) is 2.44. The van der Waals surface area contributed by atoms with Gasteiger partial charge in [0.2, 0.25) is 0 Å². The number of carbonyl (C=O) groups excluding carboxylic acids is 1. The fraction of sp³-hybridized carbons (Fsp3) is 0.300. The number of methoxy groups -OCH3 is 1. The van der Waals surface area contributed by atoms with Crippen LogP contribution in [0.1, 0.15) is 17.4 Å². The number of aromatic nitrogens is 1. The molecule has 0 saturated carbocycles. The van der Waals surface area contributed by atoms with Crippen molar-refractivity contribution in [3.8, 4) is 0 Å². The molecule has 0 amide bonds. The van der Waals surface area contributed by atoms with E-state index in [9.17, 15) is 4.79 Å². The van der Waals surface area contributed by atoms with Crippen molar-refractivity contribution in [2.45, 2.75) is 13.5 Å². The van der Waals surface area contributed by atoms with Gasteiger partial charge in [-0.3, -0.25) is 0 Å². The smallest absolute Gasteiger partial charge is 0.354 e. The van der Waals surface area contributed by atoms with Gasteiger partial charge in [0.05, 0.1) is 12.8 Å². The van der Waals surface area contributed by atoms with E-state index in [1.54, 1.807) is 16.8 Å². The van der Waals surface area contributed by atoms with Gasteiger partial charge < -0.3 is 15.0 Å². The number of hydrogen-bond donors (Lipinski definition) is 1. The maximum Gasteiger partial charge on any atom is 0.354 e. The SMILES string of the molecule is C=C(C)Cn1cc(N)cc1C(=O)OC. The van der Waals surface area contributed by atoms with E-state index in [-0.39, 0.29) is 5.97 Å². The molecule has 1 aromatic heterocycles. The Morgan fingerprint density at radius 1 is 1.71 bits per heavy atom. The standard InChI is InChI=1S/C10H14N2O2/c1-7(2)5-12-6-8(11)4-9(12)10(13)14-3/h4,6H,1,5,11H2,2-3H3. The zero-order valence-electron chi connectivity index (χ0n) is 8.41. The van der Waals surface area contributed by atoms with Crippen LogP contribution >= 0.6 is 0 Å². The van der Waals surface area contributed by atoms with E-state index in [0.717, 1.165) is 5.57 Å². The lowest BCUT2D eigenvalue weighted by Gasteiger charge is -2.06. The lowest BCUT2D eigenvalue weighted by molar-refractivity contribution is 0.0589. The molecule has 0 aliphatic rings. The van der Waals surface area contributed by atoms with Crippen LogP contribution in [0.3, 0.4) is 0 Å². The number of nitrogens with two attached hydrogens (primary N) is 1. The summed E-state index contributed by atoms with van der Waals surface area (Å²) in [5.74, 6) is -0.386. The van der Waals surface area contributed by atoms with Gasteiger partial charge in [-0.05, 0) is 13.0 Å². The summed E-state index contributed by atoms with van der Waals surface area (Å²) in [5.41, 5.74) is 7.54. The third kappa shape index (κ3) is 2.16. The summed E-state index contributed by atoms with van der Waals surface area (Å²) in [6, 6.07) is 1.59. The molecule has 76 valence electrons. The van der Waals surface area contributed by atoms with Crippen molar-refractivity contribution in [1.82, 2.24) is 4.57 Å². The molecule has 4 nitrogen and oxygen atoms in total. The normalized spacial score (nSPS) is 9.86. The van der Waals surface area contributed by atoms with E-state index >= 15 is 0 Å². The quantitative estimate of drug-likeness (QED) is 0.585. The molecule has 0 fully saturated rings. The molecule has 1 rings (SSSR count). The van der Waals surface area contributed by atoms with Crippen molar-refractivity contribution in [3.63, 3.8) is 0 Å². The molecule has 0 radical (unpaired) electrons. The Kier molecular flexibility index (Phi) is 2.96. The summed E-state index contributed by atoms with van der Waals surface area (Å²) in [6.07, 6.45) is 1.70. The lowest BCUT2D eigenvalue weighted by Crippen LogP contribution is -2.10. The van der Waals surface area contributed by atoms with E-state index in [0.29, 0.717) is 17.9 Å². The van der Waals surface area contributed by atoms with Crippen LogP contribution in [0.5, 0.6) is 0 Å². The number of ether oxygens (including phenoxy) is 1. The van der Waals surface area contributed by atoms with Crippen LogP contribution in [0.15, 0.2) is 24.4 Å². The second-order valence-corrected chi connectivity index (χ2v) is 3.24. The minimum absolute atomic E-state index is 0.386. The van der Waals surface area contributed by atoms with Gasteiger partial charge in [-0.2, -0.15) is 0 Å². The molecule has 1 aromatic rings. The topological polar surface area (TPSA) is 57.2 Å². The molecule has 0 aliphatic carbocycles. The third-order valence-corrected chi connectivity index (χ3v) is 1.75. The largest absolute Gasteiger partial charge is 0.464 e. The Morgan fingerprint density at radius 2 is 2.36 bits per heavy atom. The molecule has 0 aromatic carbocycles. The summed E-state index contributed by atoms with van der Waals surface area (Å²) in [7, 11) is 1.34. The van der Waals surface area contributed by atoms with Crippen molar-refractivity contribution in [3.05, 3.63) is 30.1 Å². The summed E-state index contributed by atoms with van der Waals surface area (Å²) < 4.78 is 6.35.